The Kier molecular flexibility index (Phi) is 9.74. The Balaban J connectivity index is 1.34. The third kappa shape index (κ3) is 5.79. The van der Waals surface area contributed by atoms with E-state index >= 15 is 9.59 Å². The van der Waals surface area contributed by atoms with Crippen molar-refractivity contribution in [2.75, 3.05) is 24.6 Å². The molecule has 3 aliphatic rings. The van der Waals surface area contributed by atoms with Crippen LogP contribution in [0.15, 0.2) is 128 Å². The van der Waals surface area contributed by atoms with Gasteiger partial charge in [-0.3, -0.25) is 14.4 Å². The number of fused-ring (bicyclic) bond motifs is 2. The number of thioether (sulfide) groups is 1. The molecule has 7 atom stereocenters. The first-order chi connectivity index (χ1) is 24.3. The van der Waals surface area contributed by atoms with Crippen molar-refractivity contribution in [2.45, 2.75) is 39.9 Å². The summed E-state index contributed by atoms with van der Waals surface area (Å²) in [5.41, 5.74) is 2.41. The maximum absolute atomic E-state index is 15.3. The first-order valence-electron chi connectivity index (χ1n) is 17.0. The van der Waals surface area contributed by atoms with E-state index in [1.165, 1.54) is 0 Å². The molecule has 3 unspecified atom stereocenters. The number of anilines is 1. The summed E-state index contributed by atoms with van der Waals surface area (Å²) < 4.78 is -0.904. The van der Waals surface area contributed by atoms with Crippen molar-refractivity contribution in [2.24, 2.45) is 11.8 Å². The zero-order valence-corrected chi connectivity index (χ0v) is 30.1. The number of nitrogens with zero attached hydrogens (tertiary/aromatic N) is 3. The summed E-state index contributed by atoms with van der Waals surface area (Å²) in [6.07, 6.45) is 3.94. The van der Waals surface area contributed by atoms with Crippen LogP contribution in [0.3, 0.4) is 0 Å². The van der Waals surface area contributed by atoms with E-state index in [0.717, 1.165) is 21.9 Å². The Morgan fingerprint density at radius 2 is 1.58 bits per heavy atom. The fourth-order valence-corrected chi connectivity index (χ4v) is 11.9. The number of carbonyl (C=O) groups excluding carboxylic acids is 3. The van der Waals surface area contributed by atoms with Crippen molar-refractivity contribution < 1.29 is 19.5 Å². The van der Waals surface area contributed by atoms with Crippen molar-refractivity contribution in [3.05, 3.63) is 140 Å². The molecule has 3 saturated heterocycles. The van der Waals surface area contributed by atoms with Gasteiger partial charge in [-0.15, -0.1) is 24.9 Å². The molecule has 9 heteroatoms. The highest BCUT2D eigenvalue weighted by molar-refractivity contribution is 9.09. The summed E-state index contributed by atoms with van der Waals surface area (Å²) in [5, 5.41) is 12.8. The molecule has 4 aromatic rings. The zero-order valence-electron chi connectivity index (χ0n) is 27.7. The molecule has 3 aliphatic heterocycles. The molecule has 1 spiro atoms. The number of hydrogen-bond donors (Lipinski definition) is 1. The van der Waals surface area contributed by atoms with Crippen LogP contribution < -0.4 is 4.90 Å². The van der Waals surface area contributed by atoms with E-state index in [2.05, 4.69) is 29.1 Å². The minimum atomic E-state index is -0.946. The zero-order chi connectivity index (χ0) is 35.0. The van der Waals surface area contributed by atoms with Crippen LogP contribution in [0.2, 0.25) is 0 Å². The van der Waals surface area contributed by atoms with E-state index in [-0.39, 0.29) is 41.0 Å². The van der Waals surface area contributed by atoms with Crippen LogP contribution in [0.25, 0.3) is 10.8 Å². The molecule has 7 rings (SSSR count). The van der Waals surface area contributed by atoms with Crippen LogP contribution in [0.4, 0.5) is 5.69 Å². The molecule has 2 bridgehead atoms. The number of halogens is 1. The summed E-state index contributed by atoms with van der Waals surface area (Å²) in [5.74, 6) is -2.07. The fourth-order valence-electron chi connectivity index (χ4n) is 8.34. The van der Waals surface area contributed by atoms with Gasteiger partial charge < -0.3 is 19.8 Å². The highest BCUT2D eigenvalue weighted by Crippen LogP contribution is 2.69. The van der Waals surface area contributed by atoms with Gasteiger partial charge in [-0.25, -0.2) is 0 Å². The summed E-state index contributed by atoms with van der Waals surface area (Å²) in [6, 6.07) is 31.3. The van der Waals surface area contributed by atoms with Crippen LogP contribution in [0.5, 0.6) is 0 Å². The molecule has 0 radical (unpaired) electrons. The van der Waals surface area contributed by atoms with Crippen LogP contribution >= 0.6 is 27.7 Å². The Hall–Kier alpha value is -4.18. The molecule has 4 aromatic carbocycles. The topological polar surface area (TPSA) is 81.2 Å². The second-order valence-corrected chi connectivity index (χ2v) is 16.0. The molecule has 3 heterocycles. The Labute approximate surface area is 305 Å². The number of carbonyl (C=O) groups is 3. The Bertz CT molecular complexity index is 1920. The average Bonchev–Trinajstić information content (AvgIpc) is 3.74. The number of alkyl halides is 1. The van der Waals surface area contributed by atoms with E-state index < -0.39 is 28.7 Å². The smallest absolute Gasteiger partial charge is 0.251 e. The summed E-state index contributed by atoms with van der Waals surface area (Å²) in [4.78, 5) is 50.2. The number of likely N-dealkylation sites (tertiary alicyclic amines) is 1. The second-order valence-electron chi connectivity index (χ2n) is 13.3. The largest absolute Gasteiger partial charge is 0.394 e. The third-order valence-corrected chi connectivity index (χ3v) is 13.7. The molecule has 1 N–H and O–H groups in total. The van der Waals surface area contributed by atoms with Crippen molar-refractivity contribution in [3.8, 4) is 0 Å². The Morgan fingerprint density at radius 3 is 2.26 bits per heavy atom. The minimum Gasteiger partial charge on any atom is -0.394 e. The van der Waals surface area contributed by atoms with Gasteiger partial charge in [0, 0.05) is 35.4 Å². The number of amides is 3. The van der Waals surface area contributed by atoms with Gasteiger partial charge in [0.1, 0.15) is 6.04 Å². The third-order valence-electron chi connectivity index (χ3n) is 10.4. The predicted octanol–water partition coefficient (Wildman–Crippen LogP) is 6.77. The van der Waals surface area contributed by atoms with Gasteiger partial charge in [-0.05, 0) is 40.5 Å². The quantitative estimate of drug-likeness (QED) is 0.128. The summed E-state index contributed by atoms with van der Waals surface area (Å²) in [7, 11) is 0. The standard InChI is InChI=1S/C41H40BrN3O4S/c1-3-21-43(25-27-13-7-5-8-14-27)38(47)34-35-39(48)45(33(26-46)29-16-9-6-10-17-29)37(41(35)24-32(42)36(34)50-41)40(49)44(22-4-2)31-20-19-28-15-11-12-18-30(28)23-31/h3-20,23,32-37,46H,1-2,21-22,24-26H2/t32?,33-,34+,35+,36+,37?,41?/m1/s1. The van der Waals surface area contributed by atoms with Gasteiger partial charge in [0.15, 0.2) is 0 Å². The normalized spacial score (nSPS) is 25.7. The summed E-state index contributed by atoms with van der Waals surface area (Å²) >= 11 is 5.51. The molecule has 0 saturated carbocycles. The van der Waals surface area contributed by atoms with Gasteiger partial charge in [0.25, 0.3) is 5.91 Å². The molecule has 3 amide bonds. The highest BCUT2D eigenvalue weighted by atomic mass is 79.9. The van der Waals surface area contributed by atoms with Crippen molar-refractivity contribution in [1.29, 1.82) is 0 Å². The number of aliphatic hydroxyl groups is 1. The first kappa shape index (κ1) is 34.3. The van der Waals surface area contributed by atoms with E-state index in [1.807, 2.05) is 103 Å². The van der Waals surface area contributed by atoms with Crippen LogP contribution in [-0.2, 0) is 20.9 Å². The first-order valence-corrected chi connectivity index (χ1v) is 18.8. The molecule has 256 valence electrons. The molecule has 0 aliphatic carbocycles. The molecular weight excluding hydrogens is 710 g/mol. The molecular formula is C41H40BrN3O4S. The molecule has 0 aromatic heterocycles. The SMILES string of the molecule is C=CCN(Cc1ccccc1)C(=O)[C@H]1[C@H]2C(=O)N([C@H](CO)c3ccccc3)C(C(=O)N(CC=C)c3ccc4ccccc4c3)C23CC(Br)[C@@H]1S3. The van der Waals surface area contributed by atoms with Gasteiger partial charge in [0.2, 0.25) is 11.8 Å². The highest BCUT2D eigenvalue weighted by Gasteiger charge is 2.76. The van der Waals surface area contributed by atoms with Crippen molar-refractivity contribution >= 4 is 61.9 Å². The average molecular weight is 751 g/mol. The van der Waals surface area contributed by atoms with Crippen LogP contribution in [0, 0.1) is 11.8 Å². The molecule has 3 fully saturated rings. The van der Waals surface area contributed by atoms with Gasteiger partial charge in [-0.2, -0.15) is 0 Å². The lowest BCUT2D eigenvalue weighted by Gasteiger charge is -2.40. The van der Waals surface area contributed by atoms with Crippen molar-refractivity contribution in [3.63, 3.8) is 0 Å². The van der Waals surface area contributed by atoms with Crippen LogP contribution in [-0.4, -0.2) is 73.2 Å². The second kappa shape index (κ2) is 14.2. The Morgan fingerprint density at radius 1 is 0.920 bits per heavy atom. The number of aliphatic hydroxyl groups excluding tert-OH is 1. The lowest BCUT2D eigenvalue weighted by atomic mass is 9.70. The maximum atomic E-state index is 15.3. The van der Waals surface area contributed by atoms with Crippen LogP contribution in [0.1, 0.15) is 23.6 Å². The maximum Gasteiger partial charge on any atom is 0.251 e. The van der Waals surface area contributed by atoms with Crippen molar-refractivity contribution in [1.82, 2.24) is 9.80 Å². The monoisotopic (exact) mass is 749 g/mol. The number of rotatable bonds is 12. The lowest BCUT2D eigenvalue weighted by molar-refractivity contribution is -0.145. The molecule has 7 nitrogen and oxygen atoms in total. The molecule has 50 heavy (non-hydrogen) atoms. The lowest BCUT2D eigenvalue weighted by Crippen LogP contribution is -2.56. The predicted molar refractivity (Wildman–Crippen MR) is 204 cm³/mol. The van der Waals surface area contributed by atoms with E-state index in [4.69, 9.17) is 0 Å². The van der Waals surface area contributed by atoms with Gasteiger partial charge in [0.05, 0.1) is 29.2 Å². The fraction of sp³-hybridized carbons (Fsp3) is 0.293. The van der Waals surface area contributed by atoms with E-state index in [0.29, 0.717) is 25.2 Å². The minimum absolute atomic E-state index is 0.0964. The van der Waals surface area contributed by atoms with Gasteiger partial charge >= 0.3 is 0 Å². The number of hydrogen-bond acceptors (Lipinski definition) is 5. The van der Waals surface area contributed by atoms with E-state index in [1.54, 1.807) is 38.6 Å². The van der Waals surface area contributed by atoms with Gasteiger partial charge in [-0.1, -0.05) is 119 Å². The van der Waals surface area contributed by atoms with E-state index in [9.17, 15) is 9.90 Å². The number of benzene rings is 4. The summed E-state index contributed by atoms with van der Waals surface area (Å²) in [6.45, 7) is 8.46.